The van der Waals surface area contributed by atoms with Gasteiger partial charge in [-0.3, -0.25) is 0 Å². The van der Waals surface area contributed by atoms with Crippen molar-refractivity contribution in [1.82, 2.24) is 10.2 Å². The number of nitrogens with two attached hydrogens (primary N) is 1. The molecule has 9 heteroatoms. The Bertz CT molecular complexity index is 514. The van der Waals surface area contributed by atoms with Gasteiger partial charge < -0.3 is 15.1 Å². The van der Waals surface area contributed by atoms with Gasteiger partial charge in [-0.05, 0) is 6.92 Å². The molecule has 2 N–H and O–H groups in total. The van der Waals surface area contributed by atoms with Gasteiger partial charge in [0.25, 0.3) is 0 Å². The Morgan fingerprint density at radius 1 is 1.56 bits per heavy atom. The molecular weight excluding hydrogens is 276 g/mol. The molecule has 0 amide bonds. The zero-order valence-electron chi connectivity index (χ0n) is 10.2. The number of thioether (sulfide) groups is 1. The summed E-state index contributed by atoms with van der Waals surface area (Å²) in [6, 6.07) is -0.125. The quantitative estimate of drug-likeness (QED) is 0.831. The van der Waals surface area contributed by atoms with Gasteiger partial charge in [0.05, 0.1) is 6.04 Å². The molecule has 1 aromatic rings. The fraction of sp³-hybridized carbons (Fsp3) is 0.778. The second-order valence-corrected chi connectivity index (χ2v) is 7.62. The van der Waals surface area contributed by atoms with Crippen molar-refractivity contribution in [1.29, 1.82) is 0 Å². The van der Waals surface area contributed by atoms with Crippen LogP contribution in [0.3, 0.4) is 0 Å². The van der Waals surface area contributed by atoms with E-state index in [4.69, 9.17) is 10.2 Å². The third-order valence-corrected chi connectivity index (χ3v) is 5.29. The molecule has 0 aliphatic carbocycles. The molecule has 2 unspecified atom stereocenters. The van der Waals surface area contributed by atoms with Gasteiger partial charge >= 0.3 is 6.01 Å². The van der Waals surface area contributed by atoms with Crippen molar-refractivity contribution >= 4 is 27.6 Å². The highest BCUT2D eigenvalue weighted by Crippen LogP contribution is 2.26. The lowest BCUT2D eigenvalue weighted by Crippen LogP contribution is -2.47. The molecule has 0 aromatic carbocycles. The average Bonchev–Trinajstić information content (AvgIpc) is 2.77. The molecule has 1 saturated heterocycles. The highest BCUT2D eigenvalue weighted by Gasteiger charge is 2.34. The number of hydrogen-bond donors (Lipinski definition) is 1. The summed E-state index contributed by atoms with van der Waals surface area (Å²) in [5.41, 5.74) is 5.64. The van der Waals surface area contributed by atoms with Crippen molar-refractivity contribution in [2.24, 2.45) is 5.73 Å². The molecular formula is C9H16N4O3S2. The standard InChI is InChI=1S/C9H16N4O3S2/c1-6(10)8-11-12-9(16-8)13-3-4-17-5-7(13)18(2,14)15/h6-7H,3-5,10H2,1-2H3. The summed E-state index contributed by atoms with van der Waals surface area (Å²) in [6.07, 6.45) is 1.22. The molecule has 1 aliphatic rings. The molecule has 2 rings (SSSR count). The Morgan fingerprint density at radius 3 is 2.83 bits per heavy atom. The second-order valence-electron chi connectivity index (χ2n) is 4.26. The first-order valence-corrected chi connectivity index (χ1v) is 8.63. The molecule has 1 fully saturated rings. The van der Waals surface area contributed by atoms with E-state index in [9.17, 15) is 8.42 Å². The third-order valence-electron chi connectivity index (χ3n) is 2.64. The van der Waals surface area contributed by atoms with Crippen LogP contribution in [0.15, 0.2) is 4.42 Å². The highest BCUT2D eigenvalue weighted by atomic mass is 32.2. The minimum absolute atomic E-state index is 0.234. The molecule has 7 nitrogen and oxygen atoms in total. The molecule has 2 heterocycles. The Balaban J connectivity index is 2.28. The Kier molecular flexibility index (Phi) is 3.83. The predicted molar refractivity (Wildman–Crippen MR) is 70.2 cm³/mol. The van der Waals surface area contributed by atoms with E-state index in [1.165, 1.54) is 6.26 Å². The van der Waals surface area contributed by atoms with Gasteiger partial charge in [-0.15, -0.1) is 5.10 Å². The summed E-state index contributed by atoms with van der Waals surface area (Å²) >= 11 is 1.61. The number of nitrogens with zero attached hydrogens (tertiary/aromatic N) is 3. The van der Waals surface area contributed by atoms with Gasteiger partial charge in [-0.25, -0.2) is 8.42 Å². The van der Waals surface area contributed by atoms with E-state index in [0.29, 0.717) is 18.2 Å². The summed E-state index contributed by atoms with van der Waals surface area (Å²) in [5, 5.41) is 7.09. The molecule has 0 bridgehead atoms. The molecule has 0 radical (unpaired) electrons. The molecule has 0 spiro atoms. The summed E-state index contributed by atoms with van der Waals surface area (Å²) in [7, 11) is -3.19. The van der Waals surface area contributed by atoms with Crippen LogP contribution >= 0.6 is 11.8 Å². The van der Waals surface area contributed by atoms with Gasteiger partial charge in [0, 0.05) is 24.3 Å². The van der Waals surface area contributed by atoms with E-state index in [-0.39, 0.29) is 12.1 Å². The summed E-state index contributed by atoms with van der Waals surface area (Å²) in [4.78, 5) is 1.64. The largest absolute Gasteiger partial charge is 0.406 e. The lowest BCUT2D eigenvalue weighted by Gasteiger charge is -2.32. The minimum atomic E-state index is -3.19. The van der Waals surface area contributed by atoms with Crippen LogP contribution in [0.2, 0.25) is 0 Å². The van der Waals surface area contributed by atoms with Gasteiger partial charge in [-0.1, -0.05) is 5.10 Å². The average molecular weight is 292 g/mol. The maximum atomic E-state index is 11.7. The SMILES string of the molecule is CC(N)c1nnc(N2CCSCC2S(C)(=O)=O)o1. The number of anilines is 1. The minimum Gasteiger partial charge on any atom is -0.406 e. The maximum Gasteiger partial charge on any atom is 0.319 e. The van der Waals surface area contributed by atoms with E-state index in [1.54, 1.807) is 23.6 Å². The number of sulfone groups is 1. The third kappa shape index (κ3) is 2.78. The lowest BCUT2D eigenvalue weighted by molar-refractivity contribution is 0.453. The summed E-state index contributed by atoms with van der Waals surface area (Å²) < 4.78 is 28.9. The van der Waals surface area contributed by atoms with E-state index in [1.807, 2.05) is 0 Å². The van der Waals surface area contributed by atoms with E-state index in [2.05, 4.69) is 10.2 Å². The number of hydrogen-bond acceptors (Lipinski definition) is 8. The van der Waals surface area contributed by atoms with Gasteiger partial charge in [0.15, 0.2) is 9.84 Å². The molecule has 1 aliphatic heterocycles. The summed E-state index contributed by atoms with van der Waals surface area (Å²) in [5.74, 6) is 1.66. The number of aromatic nitrogens is 2. The smallest absolute Gasteiger partial charge is 0.319 e. The van der Waals surface area contributed by atoms with Crippen LogP contribution in [-0.2, 0) is 9.84 Å². The lowest BCUT2D eigenvalue weighted by atomic mass is 10.4. The maximum absolute atomic E-state index is 11.7. The van der Waals surface area contributed by atoms with Crippen LogP contribution in [-0.4, -0.2) is 48.3 Å². The van der Waals surface area contributed by atoms with E-state index in [0.717, 1.165) is 5.75 Å². The normalized spacial score (nSPS) is 23.1. The van der Waals surface area contributed by atoms with Gasteiger partial charge in [-0.2, -0.15) is 11.8 Å². The Morgan fingerprint density at radius 2 is 2.28 bits per heavy atom. The zero-order chi connectivity index (χ0) is 13.3. The van der Waals surface area contributed by atoms with Crippen molar-refractivity contribution in [3.63, 3.8) is 0 Å². The molecule has 0 saturated carbocycles. The van der Waals surface area contributed by atoms with E-state index < -0.39 is 15.2 Å². The Hall–Kier alpha value is -0.800. The van der Waals surface area contributed by atoms with Crippen molar-refractivity contribution in [2.75, 3.05) is 29.2 Å². The second kappa shape index (κ2) is 5.06. The Labute approximate surface area is 110 Å². The fourth-order valence-electron chi connectivity index (χ4n) is 1.68. The summed E-state index contributed by atoms with van der Waals surface area (Å²) in [6.45, 7) is 2.31. The van der Waals surface area contributed by atoms with Crippen LogP contribution in [0.25, 0.3) is 0 Å². The zero-order valence-corrected chi connectivity index (χ0v) is 11.9. The van der Waals surface area contributed by atoms with Crippen LogP contribution in [0, 0.1) is 0 Å². The van der Waals surface area contributed by atoms with Crippen LogP contribution in [0.4, 0.5) is 6.01 Å². The molecule has 1 aromatic heterocycles. The van der Waals surface area contributed by atoms with Crippen LogP contribution < -0.4 is 10.6 Å². The molecule has 2 atom stereocenters. The van der Waals surface area contributed by atoms with Crippen LogP contribution in [0.1, 0.15) is 18.9 Å². The fourth-order valence-corrected chi connectivity index (χ4v) is 4.49. The topological polar surface area (TPSA) is 102 Å². The van der Waals surface area contributed by atoms with Crippen molar-refractivity contribution in [2.45, 2.75) is 18.3 Å². The molecule has 102 valence electrons. The van der Waals surface area contributed by atoms with Crippen molar-refractivity contribution in [3.8, 4) is 0 Å². The first kappa shape index (κ1) is 13.6. The van der Waals surface area contributed by atoms with E-state index >= 15 is 0 Å². The first-order chi connectivity index (χ1) is 8.39. The highest BCUT2D eigenvalue weighted by molar-refractivity contribution is 8.01. The van der Waals surface area contributed by atoms with Crippen LogP contribution in [0.5, 0.6) is 0 Å². The van der Waals surface area contributed by atoms with Crippen molar-refractivity contribution in [3.05, 3.63) is 5.89 Å². The number of rotatable bonds is 3. The predicted octanol–water partition coefficient (Wildman–Crippen LogP) is 0.0132. The van der Waals surface area contributed by atoms with Crippen molar-refractivity contribution < 1.29 is 12.8 Å². The molecule has 18 heavy (non-hydrogen) atoms. The first-order valence-electron chi connectivity index (χ1n) is 5.52. The van der Waals surface area contributed by atoms with Gasteiger partial charge in [0.2, 0.25) is 5.89 Å². The van der Waals surface area contributed by atoms with Gasteiger partial charge in [0.1, 0.15) is 5.37 Å². The monoisotopic (exact) mass is 292 g/mol.